The van der Waals surface area contributed by atoms with Gasteiger partial charge >= 0.3 is 6.09 Å². The summed E-state index contributed by atoms with van der Waals surface area (Å²) in [6.45, 7) is 0.781. The van der Waals surface area contributed by atoms with Gasteiger partial charge in [-0.25, -0.2) is 4.79 Å². The lowest BCUT2D eigenvalue weighted by atomic mass is 10.2. The van der Waals surface area contributed by atoms with Crippen LogP contribution in [0.15, 0.2) is 0 Å². The molecule has 7 heteroatoms. The molecule has 0 bridgehead atoms. The number of amides is 3. The number of carbonyl (C=O) groups excluding carboxylic acids is 2. The van der Waals surface area contributed by atoms with Crippen LogP contribution in [0.2, 0.25) is 0 Å². The van der Waals surface area contributed by atoms with Gasteiger partial charge in [0.2, 0.25) is 0 Å². The fourth-order valence-electron chi connectivity index (χ4n) is 1.63. The normalized spacial score (nSPS) is 15.2. The van der Waals surface area contributed by atoms with Crippen molar-refractivity contribution in [3.05, 3.63) is 0 Å². The van der Waals surface area contributed by atoms with Crippen molar-refractivity contribution >= 4 is 17.9 Å². The molecule has 0 radical (unpaired) electrons. The quantitative estimate of drug-likeness (QED) is 0.498. The van der Waals surface area contributed by atoms with Crippen LogP contribution in [0.5, 0.6) is 0 Å². The molecule has 2 N–H and O–H groups in total. The van der Waals surface area contributed by atoms with Crippen molar-refractivity contribution < 1.29 is 24.3 Å². The zero-order chi connectivity index (χ0) is 13.4. The first kappa shape index (κ1) is 14.4. The van der Waals surface area contributed by atoms with Gasteiger partial charge in [-0.15, -0.1) is 0 Å². The molecule has 0 atom stereocenters. The standard InChI is InChI=1S/C11H18N2O5/c14-9-5-6-10(15)13(9)18-8-4-2-1-3-7-12-11(16)17/h12H,1-8H2,(H,16,17). The molecule has 0 aliphatic carbocycles. The van der Waals surface area contributed by atoms with Gasteiger partial charge in [-0.3, -0.25) is 14.4 Å². The highest BCUT2D eigenvalue weighted by Gasteiger charge is 2.29. The van der Waals surface area contributed by atoms with Gasteiger partial charge in [-0.05, 0) is 12.8 Å². The first-order chi connectivity index (χ1) is 8.61. The van der Waals surface area contributed by atoms with Gasteiger partial charge in [0.15, 0.2) is 0 Å². The fourth-order valence-corrected chi connectivity index (χ4v) is 1.63. The van der Waals surface area contributed by atoms with Crippen molar-refractivity contribution in [1.29, 1.82) is 0 Å². The number of imide groups is 1. The molecule has 1 aliphatic rings. The van der Waals surface area contributed by atoms with E-state index in [2.05, 4.69) is 5.32 Å². The summed E-state index contributed by atoms with van der Waals surface area (Å²) in [6.07, 6.45) is 2.73. The summed E-state index contributed by atoms with van der Waals surface area (Å²) in [5.74, 6) is -0.545. The molecule has 3 amide bonds. The van der Waals surface area contributed by atoms with Gasteiger partial charge in [-0.1, -0.05) is 12.8 Å². The van der Waals surface area contributed by atoms with E-state index >= 15 is 0 Å². The van der Waals surface area contributed by atoms with E-state index in [0.717, 1.165) is 30.7 Å². The second kappa shape index (κ2) is 7.65. The molecular weight excluding hydrogens is 240 g/mol. The van der Waals surface area contributed by atoms with Gasteiger partial charge in [0.1, 0.15) is 0 Å². The number of hydrogen-bond acceptors (Lipinski definition) is 4. The van der Waals surface area contributed by atoms with E-state index < -0.39 is 6.09 Å². The van der Waals surface area contributed by atoms with Crippen molar-refractivity contribution in [2.75, 3.05) is 13.2 Å². The molecule has 1 saturated heterocycles. The topological polar surface area (TPSA) is 95.9 Å². The predicted octanol–water partition coefficient (Wildman–Crippen LogP) is 0.895. The average molecular weight is 258 g/mol. The first-order valence-electron chi connectivity index (χ1n) is 6.07. The highest BCUT2D eigenvalue weighted by Crippen LogP contribution is 2.12. The van der Waals surface area contributed by atoms with Gasteiger partial charge in [0.25, 0.3) is 11.8 Å². The molecular formula is C11H18N2O5. The van der Waals surface area contributed by atoms with E-state index in [4.69, 9.17) is 9.94 Å². The van der Waals surface area contributed by atoms with Gasteiger partial charge in [0, 0.05) is 19.4 Å². The van der Waals surface area contributed by atoms with Crippen LogP contribution in [0.4, 0.5) is 4.79 Å². The van der Waals surface area contributed by atoms with Crippen LogP contribution in [-0.4, -0.2) is 41.2 Å². The molecule has 102 valence electrons. The smallest absolute Gasteiger partial charge is 0.404 e. The number of hydrogen-bond donors (Lipinski definition) is 2. The highest BCUT2D eigenvalue weighted by molar-refractivity contribution is 6.00. The largest absolute Gasteiger partial charge is 0.465 e. The summed E-state index contributed by atoms with van der Waals surface area (Å²) in [5.41, 5.74) is 0. The number of rotatable bonds is 8. The average Bonchev–Trinajstić information content (AvgIpc) is 2.63. The molecule has 1 rings (SSSR count). The lowest BCUT2D eigenvalue weighted by Crippen LogP contribution is -2.29. The first-order valence-corrected chi connectivity index (χ1v) is 6.07. The van der Waals surface area contributed by atoms with E-state index in [9.17, 15) is 14.4 Å². The maximum absolute atomic E-state index is 11.2. The second-order valence-corrected chi connectivity index (χ2v) is 4.06. The minimum absolute atomic E-state index is 0.236. The third-order valence-electron chi connectivity index (χ3n) is 2.57. The molecule has 0 aromatic carbocycles. The highest BCUT2D eigenvalue weighted by atomic mass is 16.7. The second-order valence-electron chi connectivity index (χ2n) is 4.06. The minimum atomic E-state index is -1.01. The summed E-state index contributed by atoms with van der Waals surface area (Å²) in [6, 6.07) is 0. The summed E-state index contributed by atoms with van der Waals surface area (Å²) in [5, 5.41) is 11.5. The number of carboxylic acid groups (broad SMARTS) is 1. The molecule has 1 heterocycles. The molecule has 0 saturated carbocycles. The Kier molecular flexibility index (Phi) is 6.13. The SMILES string of the molecule is O=C(O)NCCCCCCON1C(=O)CCC1=O. The van der Waals surface area contributed by atoms with E-state index in [1.54, 1.807) is 0 Å². The number of hydroxylamine groups is 2. The van der Waals surface area contributed by atoms with Crippen LogP contribution >= 0.6 is 0 Å². The Morgan fingerprint density at radius 2 is 1.78 bits per heavy atom. The number of carbonyl (C=O) groups is 3. The molecule has 0 aromatic heterocycles. The van der Waals surface area contributed by atoms with Crippen LogP contribution in [0.3, 0.4) is 0 Å². The van der Waals surface area contributed by atoms with Crippen molar-refractivity contribution in [1.82, 2.24) is 10.4 Å². The van der Waals surface area contributed by atoms with Crippen LogP contribution in [0, 0.1) is 0 Å². The number of nitrogens with zero attached hydrogens (tertiary/aromatic N) is 1. The van der Waals surface area contributed by atoms with Crippen LogP contribution in [0.1, 0.15) is 38.5 Å². The molecule has 0 spiro atoms. The molecule has 0 aromatic rings. The Hall–Kier alpha value is -1.63. The Morgan fingerprint density at radius 3 is 2.39 bits per heavy atom. The molecule has 7 nitrogen and oxygen atoms in total. The molecule has 0 unspecified atom stereocenters. The van der Waals surface area contributed by atoms with Crippen molar-refractivity contribution in [3.8, 4) is 0 Å². The van der Waals surface area contributed by atoms with Gasteiger partial charge < -0.3 is 10.4 Å². The maximum Gasteiger partial charge on any atom is 0.404 e. The van der Waals surface area contributed by atoms with E-state index in [-0.39, 0.29) is 24.7 Å². The Labute approximate surface area is 105 Å². The minimum Gasteiger partial charge on any atom is -0.465 e. The number of nitrogens with one attached hydrogen (secondary N) is 1. The van der Waals surface area contributed by atoms with Crippen LogP contribution < -0.4 is 5.32 Å². The van der Waals surface area contributed by atoms with E-state index in [0.29, 0.717) is 13.2 Å². The lowest BCUT2D eigenvalue weighted by Gasteiger charge is -2.12. The zero-order valence-electron chi connectivity index (χ0n) is 10.2. The molecule has 18 heavy (non-hydrogen) atoms. The van der Waals surface area contributed by atoms with E-state index in [1.165, 1.54) is 0 Å². The summed E-state index contributed by atoms with van der Waals surface area (Å²) in [7, 11) is 0. The lowest BCUT2D eigenvalue weighted by molar-refractivity contribution is -0.187. The summed E-state index contributed by atoms with van der Waals surface area (Å²) >= 11 is 0. The third-order valence-corrected chi connectivity index (χ3v) is 2.57. The van der Waals surface area contributed by atoms with Crippen molar-refractivity contribution in [2.24, 2.45) is 0 Å². The van der Waals surface area contributed by atoms with Gasteiger partial charge in [-0.2, -0.15) is 5.06 Å². The van der Waals surface area contributed by atoms with Crippen LogP contribution in [-0.2, 0) is 14.4 Å². The zero-order valence-corrected chi connectivity index (χ0v) is 10.2. The van der Waals surface area contributed by atoms with E-state index in [1.807, 2.05) is 0 Å². The maximum atomic E-state index is 11.2. The Morgan fingerprint density at radius 1 is 1.17 bits per heavy atom. The number of unbranched alkanes of at least 4 members (excludes halogenated alkanes) is 3. The Bertz CT molecular complexity index is 303. The Balaban J connectivity index is 1.94. The third kappa shape index (κ3) is 5.13. The molecule has 1 fully saturated rings. The van der Waals surface area contributed by atoms with Crippen LogP contribution in [0.25, 0.3) is 0 Å². The fraction of sp³-hybridized carbons (Fsp3) is 0.727. The monoisotopic (exact) mass is 258 g/mol. The van der Waals surface area contributed by atoms with Gasteiger partial charge in [0.05, 0.1) is 6.61 Å². The van der Waals surface area contributed by atoms with Crippen molar-refractivity contribution in [2.45, 2.75) is 38.5 Å². The summed E-state index contributed by atoms with van der Waals surface area (Å²) in [4.78, 5) is 37.6. The predicted molar refractivity (Wildman–Crippen MR) is 61.5 cm³/mol. The van der Waals surface area contributed by atoms with Crippen molar-refractivity contribution in [3.63, 3.8) is 0 Å². The molecule has 1 aliphatic heterocycles. The summed E-state index contributed by atoms with van der Waals surface area (Å²) < 4.78 is 0.